The van der Waals surface area contributed by atoms with Crippen LogP contribution >= 0.6 is 11.6 Å². The van der Waals surface area contributed by atoms with Crippen LogP contribution in [0.1, 0.15) is 11.1 Å². The fraction of sp³-hybridized carbons (Fsp3) is 0.333. The van der Waals surface area contributed by atoms with Gasteiger partial charge in [-0.25, -0.2) is 4.98 Å². The Bertz CT molecular complexity index is 1340. The van der Waals surface area contributed by atoms with E-state index in [4.69, 9.17) is 26.3 Å². The van der Waals surface area contributed by atoms with Crippen molar-refractivity contribution in [2.75, 3.05) is 58.1 Å². The number of carbonyl (C=O) groups is 1. The normalized spacial score (nSPS) is 13.0. The molecule has 1 aromatic heterocycles. The molecule has 0 atom stereocenters. The molecule has 1 aliphatic heterocycles. The number of para-hydroxylation sites is 2. The van der Waals surface area contributed by atoms with E-state index in [1.807, 2.05) is 30.3 Å². The van der Waals surface area contributed by atoms with E-state index in [-0.39, 0.29) is 12.5 Å². The molecule has 38 heavy (non-hydrogen) atoms. The van der Waals surface area contributed by atoms with Gasteiger partial charge in [-0.05, 0) is 48.2 Å². The predicted octanol–water partition coefficient (Wildman–Crippen LogP) is 4.02. The highest BCUT2D eigenvalue weighted by molar-refractivity contribution is 6.32. The number of amides is 1. The number of carbonyl (C=O) groups excluding carboxylic acids is 1. The Morgan fingerprint density at radius 1 is 1.13 bits per heavy atom. The predicted molar refractivity (Wildman–Crippen MR) is 147 cm³/mol. The second-order valence-electron chi connectivity index (χ2n) is 8.97. The van der Waals surface area contributed by atoms with Crippen molar-refractivity contribution in [3.05, 3.63) is 58.7 Å². The van der Waals surface area contributed by atoms with Crippen LogP contribution < -0.4 is 20.1 Å². The number of rotatable bonds is 9. The Balaban J connectivity index is 1.54. The summed E-state index contributed by atoms with van der Waals surface area (Å²) in [5.41, 5.74) is 3.73. The van der Waals surface area contributed by atoms with Crippen molar-refractivity contribution >= 4 is 40.6 Å². The van der Waals surface area contributed by atoms with Crippen LogP contribution in [-0.4, -0.2) is 73.1 Å². The summed E-state index contributed by atoms with van der Waals surface area (Å²) in [4.78, 5) is 24.9. The molecule has 10 nitrogen and oxygen atoms in total. The molecule has 3 aromatic rings. The minimum atomic E-state index is -0.0785. The molecule has 0 radical (unpaired) electrons. The van der Waals surface area contributed by atoms with Gasteiger partial charge in [-0.2, -0.15) is 10.2 Å². The highest BCUT2D eigenvalue weighted by Crippen LogP contribution is 2.34. The molecule has 0 spiro atoms. The summed E-state index contributed by atoms with van der Waals surface area (Å²) in [6, 6.07) is 13.3. The molecule has 0 saturated carbocycles. The lowest BCUT2D eigenvalue weighted by Crippen LogP contribution is -2.37. The van der Waals surface area contributed by atoms with E-state index >= 15 is 0 Å². The van der Waals surface area contributed by atoms with Gasteiger partial charge in [0.2, 0.25) is 11.9 Å². The van der Waals surface area contributed by atoms with E-state index in [2.05, 4.69) is 31.6 Å². The highest BCUT2D eigenvalue weighted by atomic mass is 35.5. The fourth-order valence-electron chi connectivity index (χ4n) is 4.13. The van der Waals surface area contributed by atoms with Gasteiger partial charge in [0.05, 0.1) is 31.2 Å². The minimum Gasteiger partial charge on any atom is -0.495 e. The fourth-order valence-corrected chi connectivity index (χ4v) is 4.27. The van der Waals surface area contributed by atoms with Gasteiger partial charge in [-0.15, -0.1) is 0 Å². The highest BCUT2D eigenvalue weighted by Gasteiger charge is 2.20. The zero-order chi connectivity index (χ0) is 27.1. The van der Waals surface area contributed by atoms with Crippen LogP contribution in [0, 0.1) is 11.3 Å². The molecular formula is C27H30ClN7O3. The first-order valence-electron chi connectivity index (χ1n) is 12.2. The number of nitriles is 1. The first-order chi connectivity index (χ1) is 18.4. The van der Waals surface area contributed by atoms with Crippen LogP contribution in [0.5, 0.6) is 11.5 Å². The van der Waals surface area contributed by atoms with Crippen LogP contribution in [0.4, 0.5) is 23.1 Å². The Morgan fingerprint density at radius 3 is 2.58 bits per heavy atom. The van der Waals surface area contributed by atoms with Crippen molar-refractivity contribution in [2.45, 2.75) is 12.8 Å². The number of hydrogen-bond donors (Lipinski definition) is 2. The number of methoxy groups -OCH3 is 1. The first kappa shape index (κ1) is 27.0. The summed E-state index contributed by atoms with van der Waals surface area (Å²) in [6.45, 7) is 1.92. The van der Waals surface area contributed by atoms with E-state index in [0.717, 1.165) is 31.6 Å². The topological polar surface area (TPSA) is 116 Å². The molecular weight excluding hydrogens is 506 g/mol. The van der Waals surface area contributed by atoms with Gasteiger partial charge in [0.15, 0.2) is 12.4 Å². The zero-order valence-corrected chi connectivity index (χ0v) is 22.4. The number of nitrogens with one attached hydrogen (secondary N) is 2. The number of likely N-dealkylation sites (N-methyl/N-ethyl adjacent to an activating group) is 1. The summed E-state index contributed by atoms with van der Waals surface area (Å²) in [7, 11) is 5.18. The van der Waals surface area contributed by atoms with Crippen molar-refractivity contribution in [1.29, 1.82) is 5.26 Å². The van der Waals surface area contributed by atoms with Crippen molar-refractivity contribution < 1.29 is 14.3 Å². The number of fused-ring (bicyclic) bond motifs is 1. The average Bonchev–Trinajstić information content (AvgIpc) is 3.11. The van der Waals surface area contributed by atoms with Gasteiger partial charge in [0.1, 0.15) is 22.6 Å². The average molecular weight is 536 g/mol. The van der Waals surface area contributed by atoms with Crippen LogP contribution in [0.3, 0.4) is 0 Å². The summed E-state index contributed by atoms with van der Waals surface area (Å²) >= 11 is 6.38. The summed E-state index contributed by atoms with van der Waals surface area (Å²) < 4.78 is 11.2. The Morgan fingerprint density at radius 2 is 1.87 bits per heavy atom. The number of nitrogens with zero attached hydrogens (tertiary/aromatic N) is 5. The maximum absolute atomic E-state index is 12.2. The molecule has 198 valence electrons. The van der Waals surface area contributed by atoms with Crippen LogP contribution in [0.15, 0.2) is 42.6 Å². The molecule has 4 rings (SSSR count). The van der Waals surface area contributed by atoms with E-state index < -0.39 is 0 Å². The maximum Gasteiger partial charge on any atom is 0.236 e. The van der Waals surface area contributed by atoms with E-state index in [0.29, 0.717) is 40.5 Å². The monoisotopic (exact) mass is 535 g/mol. The number of halogens is 1. The van der Waals surface area contributed by atoms with Crippen molar-refractivity contribution in [3.63, 3.8) is 0 Å². The molecule has 1 amide bonds. The molecule has 1 aliphatic rings. The quantitative estimate of drug-likeness (QED) is 0.419. The molecule has 0 aliphatic carbocycles. The molecule has 0 fully saturated rings. The van der Waals surface area contributed by atoms with Crippen LogP contribution in [0.2, 0.25) is 5.02 Å². The molecule has 0 saturated heterocycles. The number of ether oxygens (including phenoxy) is 2. The van der Waals surface area contributed by atoms with Crippen LogP contribution in [-0.2, 0) is 17.6 Å². The molecule has 11 heteroatoms. The lowest BCUT2D eigenvalue weighted by atomic mass is 10.0. The minimum absolute atomic E-state index is 0.0785. The van der Waals surface area contributed by atoms with E-state index in [9.17, 15) is 4.79 Å². The third-order valence-corrected chi connectivity index (χ3v) is 6.47. The lowest BCUT2D eigenvalue weighted by Gasteiger charge is -2.21. The molecule has 0 bridgehead atoms. The van der Waals surface area contributed by atoms with Gasteiger partial charge in [0.25, 0.3) is 0 Å². The Kier molecular flexibility index (Phi) is 8.84. The number of aromatic nitrogens is 2. The van der Waals surface area contributed by atoms with Crippen molar-refractivity contribution in [1.82, 2.24) is 19.8 Å². The molecule has 0 unspecified atom stereocenters. The van der Waals surface area contributed by atoms with Crippen molar-refractivity contribution in [2.24, 2.45) is 0 Å². The van der Waals surface area contributed by atoms with E-state index in [1.165, 1.54) is 17.3 Å². The van der Waals surface area contributed by atoms with Gasteiger partial charge in [-0.1, -0.05) is 23.7 Å². The third kappa shape index (κ3) is 6.62. The first-order valence-corrected chi connectivity index (χ1v) is 12.5. The van der Waals surface area contributed by atoms with Gasteiger partial charge in [-0.3, -0.25) is 9.69 Å². The SMILES string of the molecule is COc1cc2c(cc1Nc1ncc(Cl)c(Nc3ccccc3OCC#N)n1)CCN(CC(=O)N(C)C)CC2. The molecule has 2 N–H and O–H groups in total. The Labute approximate surface area is 227 Å². The standard InChI is InChI=1S/C27H30ClN7O3/c1-34(2)25(36)17-35-11-8-18-14-22(24(37-3)15-19(18)9-12-35)32-27-30-16-20(28)26(33-27)31-21-6-4-5-7-23(21)38-13-10-29/h4-7,14-16H,8-9,11-13,17H2,1-3H3,(H2,30,31,32,33). The maximum atomic E-state index is 12.2. The Hall–Kier alpha value is -4.07. The number of hydrogen-bond acceptors (Lipinski definition) is 9. The van der Waals surface area contributed by atoms with Gasteiger partial charge >= 0.3 is 0 Å². The second kappa shape index (κ2) is 12.4. The smallest absolute Gasteiger partial charge is 0.236 e. The third-order valence-electron chi connectivity index (χ3n) is 6.20. The van der Waals surface area contributed by atoms with Gasteiger partial charge in [0, 0.05) is 27.2 Å². The summed E-state index contributed by atoms with van der Waals surface area (Å²) in [5.74, 6) is 1.99. The van der Waals surface area contributed by atoms with Gasteiger partial charge < -0.3 is 25.0 Å². The van der Waals surface area contributed by atoms with E-state index in [1.54, 1.807) is 32.2 Å². The largest absolute Gasteiger partial charge is 0.495 e. The lowest BCUT2D eigenvalue weighted by molar-refractivity contribution is -0.129. The molecule has 2 heterocycles. The van der Waals surface area contributed by atoms with Crippen molar-refractivity contribution in [3.8, 4) is 17.6 Å². The zero-order valence-electron chi connectivity index (χ0n) is 21.6. The number of anilines is 4. The second-order valence-corrected chi connectivity index (χ2v) is 9.38. The summed E-state index contributed by atoms with van der Waals surface area (Å²) in [5, 5.41) is 15.6. The number of benzene rings is 2. The summed E-state index contributed by atoms with van der Waals surface area (Å²) in [6.07, 6.45) is 3.14. The molecule has 2 aromatic carbocycles. The van der Waals surface area contributed by atoms with Crippen LogP contribution in [0.25, 0.3) is 0 Å².